The molecule has 2 aromatic carbocycles. The van der Waals surface area contributed by atoms with Crippen molar-refractivity contribution in [2.75, 3.05) is 0 Å². The Morgan fingerprint density at radius 1 is 0.667 bits per heavy atom. The molecule has 0 bridgehead atoms. The second-order valence-corrected chi connectivity index (χ2v) is 18.2. The van der Waals surface area contributed by atoms with E-state index in [0.717, 1.165) is 67.6 Å². The zero-order valence-electron chi connectivity index (χ0n) is 33.9. The van der Waals surface area contributed by atoms with Crippen LogP contribution in [0, 0.1) is 13.8 Å². The summed E-state index contributed by atoms with van der Waals surface area (Å²) < 4.78 is 19.9. The number of carbonyl (C=O) groups is 2. The van der Waals surface area contributed by atoms with Crippen LogP contribution in [0.25, 0.3) is 0 Å². The summed E-state index contributed by atoms with van der Waals surface area (Å²) in [6.07, 6.45) is 29.4. The van der Waals surface area contributed by atoms with Crippen molar-refractivity contribution in [3.05, 3.63) is 69.8 Å². The average Bonchev–Trinajstić information content (AvgIpc) is 3.12. The fraction of sp³-hybridized carbons (Fsp3) is 0.660. The zero-order chi connectivity index (χ0) is 37.7. The average molecular weight is 769 g/mol. The SMILES string of the molecule is CCCCCCCC/C=C\CCC(=O)CCCCC(=O)OP1Oc2c(cc(C)cc2C2(C)CCCCC2)Cc2cc(C)cc(C3(C)CCCCC3)c2O1.[NaH]. The molecule has 0 radical (unpaired) electrons. The van der Waals surface area contributed by atoms with E-state index in [0.29, 0.717) is 25.7 Å². The first-order chi connectivity index (χ1) is 25.6. The van der Waals surface area contributed by atoms with Crippen LogP contribution in [0.4, 0.5) is 0 Å². The second-order valence-electron chi connectivity index (χ2n) is 17.2. The molecular formula is C47H70NaO5P. The van der Waals surface area contributed by atoms with Crippen LogP contribution in [0.15, 0.2) is 36.4 Å². The van der Waals surface area contributed by atoms with Crippen LogP contribution in [-0.2, 0) is 31.4 Å². The van der Waals surface area contributed by atoms with Crippen LogP contribution < -0.4 is 9.05 Å². The molecule has 0 N–H and O–H groups in total. The Balaban J connectivity index is 0.00000650. The molecule has 0 unspecified atom stereocenters. The van der Waals surface area contributed by atoms with Crippen LogP contribution in [0.3, 0.4) is 0 Å². The predicted octanol–water partition coefficient (Wildman–Crippen LogP) is 13.4. The van der Waals surface area contributed by atoms with E-state index in [1.807, 2.05) is 0 Å². The van der Waals surface area contributed by atoms with E-state index < -0.39 is 8.60 Å². The number of aryl methyl sites for hydroxylation is 2. The molecule has 294 valence electrons. The number of Topliss-reactive ketones (excluding diaryl/α,β-unsaturated/α-hetero) is 1. The number of hydrogen-bond acceptors (Lipinski definition) is 5. The molecule has 2 saturated carbocycles. The van der Waals surface area contributed by atoms with Crippen molar-refractivity contribution < 1.29 is 23.2 Å². The Morgan fingerprint density at radius 2 is 1.17 bits per heavy atom. The van der Waals surface area contributed by atoms with Gasteiger partial charge in [-0.05, 0) is 93.6 Å². The topological polar surface area (TPSA) is 61.8 Å². The van der Waals surface area contributed by atoms with Crippen molar-refractivity contribution in [1.82, 2.24) is 0 Å². The molecule has 7 heteroatoms. The molecule has 0 spiro atoms. The summed E-state index contributed by atoms with van der Waals surface area (Å²) >= 11 is 0. The third-order valence-electron chi connectivity index (χ3n) is 12.3. The zero-order valence-corrected chi connectivity index (χ0v) is 34.8. The van der Waals surface area contributed by atoms with Gasteiger partial charge in [0.05, 0.1) is 0 Å². The number of fused-ring (bicyclic) bond motifs is 2. The Kier molecular flexibility index (Phi) is 18.6. The van der Waals surface area contributed by atoms with Crippen molar-refractivity contribution in [1.29, 1.82) is 0 Å². The standard InChI is InChI=1S/C47H69O5P.Na.H/c1-6-7-8-9-10-11-12-13-14-17-24-40(48)25-18-19-26-43(49)50-53-51-44-38(31-36(2)33-41(44)46(4)27-20-15-21-28-46)35-39-32-37(3)34-42(45(39)52-53)47(5)29-22-16-23-30-47;;/h13-14,31-34H,6-12,15-30,35H2,1-5H3;;/b14-13-;;. The minimum absolute atomic E-state index is 0. The Bertz CT molecular complexity index is 1460. The van der Waals surface area contributed by atoms with E-state index in [-0.39, 0.29) is 58.6 Å². The summed E-state index contributed by atoms with van der Waals surface area (Å²) in [5.41, 5.74) is 7.25. The molecule has 1 aliphatic heterocycles. The minimum atomic E-state index is -2.04. The maximum atomic E-state index is 13.5. The fourth-order valence-corrected chi connectivity index (χ4v) is 10.2. The molecular weight excluding hydrogens is 698 g/mol. The molecule has 5 rings (SSSR count). The van der Waals surface area contributed by atoms with Gasteiger partial charge in [0.15, 0.2) is 0 Å². The van der Waals surface area contributed by atoms with Gasteiger partial charge in [0.2, 0.25) is 0 Å². The van der Waals surface area contributed by atoms with Crippen LogP contribution in [-0.4, -0.2) is 41.3 Å². The van der Waals surface area contributed by atoms with Crippen LogP contribution >= 0.6 is 8.60 Å². The molecule has 54 heavy (non-hydrogen) atoms. The summed E-state index contributed by atoms with van der Waals surface area (Å²) in [7, 11) is -2.04. The summed E-state index contributed by atoms with van der Waals surface area (Å²) in [5.74, 6) is 1.65. The third kappa shape index (κ3) is 12.9. The summed E-state index contributed by atoms with van der Waals surface area (Å²) in [5, 5.41) is 0. The number of carbonyl (C=O) groups excluding carboxylic acids is 2. The van der Waals surface area contributed by atoms with Gasteiger partial charge in [0.25, 0.3) is 0 Å². The number of allylic oxidation sites excluding steroid dienone is 2. The molecule has 2 aliphatic carbocycles. The normalized spacial score (nSPS) is 17.9. The maximum absolute atomic E-state index is 13.5. The van der Waals surface area contributed by atoms with E-state index in [2.05, 4.69) is 71.0 Å². The van der Waals surface area contributed by atoms with Crippen LogP contribution in [0.5, 0.6) is 11.5 Å². The number of rotatable bonds is 18. The van der Waals surface area contributed by atoms with Crippen LogP contribution in [0.2, 0.25) is 0 Å². The second kappa shape index (κ2) is 22.3. The number of benzene rings is 2. The molecule has 5 nitrogen and oxygen atoms in total. The Hall–Kier alpha value is -1.65. The van der Waals surface area contributed by atoms with E-state index in [1.165, 1.54) is 99.3 Å². The van der Waals surface area contributed by atoms with Crippen molar-refractivity contribution in [2.45, 2.75) is 200 Å². The van der Waals surface area contributed by atoms with E-state index in [1.54, 1.807) is 0 Å². The monoisotopic (exact) mass is 768 g/mol. The molecule has 0 aromatic heterocycles. The molecule has 2 aromatic rings. The van der Waals surface area contributed by atoms with Gasteiger partial charge >= 0.3 is 44.1 Å². The van der Waals surface area contributed by atoms with Crippen molar-refractivity contribution in [3.63, 3.8) is 0 Å². The third-order valence-corrected chi connectivity index (χ3v) is 13.3. The van der Waals surface area contributed by atoms with Crippen molar-refractivity contribution in [3.8, 4) is 11.5 Å². The number of unbranched alkanes of at least 4 members (excludes halogenated alkanes) is 7. The molecule has 0 amide bonds. The van der Waals surface area contributed by atoms with Crippen LogP contribution in [0.1, 0.15) is 202 Å². The molecule has 3 aliphatic rings. The van der Waals surface area contributed by atoms with Crippen molar-refractivity contribution in [2.24, 2.45) is 0 Å². The van der Waals surface area contributed by atoms with Gasteiger partial charge in [-0.3, -0.25) is 9.59 Å². The number of hydrogen-bond donors (Lipinski definition) is 0. The Morgan fingerprint density at radius 3 is 1.72 bits per heavy atom. The summed E-state index contributed by atoms with van der Waals surface area (Å²) in [6.45, 7) is 11.4. The Labute approximate surface area is 351 Å². The molecule has 2 fully saturated rings. The van der Waals surface area contributed by atoms with Crippen molar-refractivity contribution >= 4 is 49.9 Å². The van der Waals surface area contributed by atoms with E-state index in [9.17, 15) is 9.59 Å². The van der Waals surface area contributed by atoms with Gasteiger partial charge in [-0.1, -0.05) is 139 Å². The van der Waals surface area contributed by atoms with Gasteiger partial charge in [-0.15, -0.1) is 0 Å². The van der Waals surface area contributed by atoms with Gasteiger partial charge < -0.3 is 13.6 Å². The van der Waals surface area contributed by atoms with Gasteiger partial charge in [0.1, 0.15) is 17.3 Å². The molecule has 1 heterocycles. The molecule has 0 saturated heterocycles. The number of ketones is 1. The van der Waals surface area contributed by atoms with Gasteiger partial charge in [0, 0.05) is 36.8 Å². The van der Waals surface area contributed by atoms with E-state index in [4.69, 9.17) is 13.6 Å². The van der Waals surface area contributed by atoms with Gasteiger partial charge in [-0.25, -0.2) is 0 Å². The molecule has 0 atom stereocenters. The fourth-order valence-electron chi connectivity index (χ4n) is 9.05. The first-order valence-corrected chi connectivity index (χ1v) is 22.5. The summed E-state index contributed by atoms with van der Waals surface area (Å²) in [6, 6.07) is 9.13. The van der Waals surface area contributed by atoms with Gasteiger partial charge in [-0.2, -0.15) is 0 Å². The predicted molar refractivity (Wildman–Crippen MR) is 227 cm³/mol. The van der Waals surface area contributed by atoms with E-state index >= 15 is 0 Å². The summed E-state index contributed by atoms with van der Waals surface area (Å²) in [4.78, 5) is 26.1. The first kappa shape index (κ1) is 45.1. The quantitative estimate of drug-likeness (QED) is 0.0654. The first-order valence-electron chi connectivity index (χ1n) is 21.4.